The zero-order chi connectivity index (χ0) is 21.1. The molecular weight excluding hydrogens is 393 g/mol. The van der Waals surface area contributed by atoms with E-state index >= 15 is 0 Å². The zero-order valence-electron chi connectivity index (χ0n) is 17.0. The van der Waals surface area contributed by atoms with Crippen molar-refractivity contribution in [1.29, 1.82) is 0 Å². The molecule has 1 unspecified atom stereocenters. The Balaban J connectivity index is 1.59. The Hall–Kier alpha value is -1.89. The number of rotatable bonds is 11. The molecule has 4 N–H and O–H groups in total. The van der Waals surface area contributed by atoms with Gasteiger partial charge in [0.15, 0.2) is 0 Å². The second-order valence-electron chi connectivity index (χ2n) is 7.46. The number of amides is 3. The van der Waals surface area contributed by atoms with Gasteiger partial charge in [-0.05, 0) is 49.9 Å². The number of hydrogen-bond acceptors (Lipinski definition) is 4. The molecule has 0 heterocycles. The van der Waals surface area contributed by atoms with E-state index in [0.29, 0.717) is 17.8 Å². The van der Waals surface area contributed by atoms with Crippen molar-refractivity contribution in [2.45, 2.75) is 57.4 Å². The van der Waals surface area contributed by atoms with Crippen LogP contribution < -0.4 is 16.0 Å². The second-order valence-corrected chi connectivity index (χ2v) is 9.33. The number of carbonyl (C=O) groups excluding carboxylic acids is 2. The minimum Gasteiger partial charge on any atom is -0.352 e. The van der Waals surface area contributed by atoms with Gasteiger partial charge < -0.3 is 25.4 Å². The summed E-state index contributed by atoms with van der Waals surface area (Å²) in [6.45, 7) is 2.02. The third kappa shape index (κ3) is 9.92. The molecule has 1 aliphatic carbocycles. The fraction of sp³-hybridized carbons (Fsp3) is 0.600. The van der Waals surface area contributed by atoms with Crippen LogP contribution in [0.2, 0.25) is 0 Å². The van der Waals surface area contributed by atoms with E-state index in [0.717, 1.165) is 51.4 Å². The molecule has 0 spiro atoms. The maximum absolute atomic E-state index is 12.2. The Labute approximate surface area is 172 Å². The maximum atomic E-state index is 12.2. The van der Waals surface area contributed by atoms with Crippen LogP contribution in [0.1, 0.15) is 61.7 Å². The number of urea groups is 1. The van der Waals surface area contributed by atoms with Crippen molar-refractivity contribution in [1.82, 2.24) is 10.6 Å². The SMILES string of the molecule is CP(=O)(O)OCCCCCCNC(=O)c1ccc(NC(=O)NC2CCCC2)cc1. The van der Waals surface area contributed by atoms with Crippen molar-refractivity contribution in [2.75, 3.05) is 25.1 Å². The van der Waals surface area contributed by atoms with Gasteiger partial charge in [-0.2, -0.15) is 0 Å². The van der Waals surface area contributed by atoms with Crippen LogP contribution in [0.5, 0.6) is 0 Å². The summed E-state index contributed by atoms with van der Waals surface area (Å²) in [5.41, 5.74) is 1.19. The van der Waals surface area contributed by atoms with E-state index in [4.69, 9.17) is 9.42 Å². The summed E-state index contributed by atoms with van der Waals surface area (Å²) in [6.07, 6.45) is 7.71. The fourth-order valence-electron chi connectivity index (χ4n) is 3.25. The normalized spacial score (nSPS) is 16.2. The summed E-state index contributed by atoms with van der Waals surface area (Å²) in [7, 11) is -3.38. The molecule has 29 heavy (non-hydrogen) atoms. The highest BCUT2D eigenvalue weighted by molar-refractivity contribution is 7.51. The van der Waals surface area contributed by atoms with Crippen molar-refractivity contribution in [3.8, 4) is 0 Å². The fourth-order valence-corrected chi connectivity index (χ4v) is 3.71. The topological polar surface area (TPSA) is 117 Å². The van der Waals surface area contributed by atoms with Crippen LogP contribution in [0, 0.1) is 0 Å². The summed E-state index contributed by atoms with van der Waals surface area (Å²) in [5.74, 6) is -0.150. The van der Waals surface area contributed by atoms with Gasteiger partial charge in [0.2, 0.25) is 0 Å². The lowest BCUT2D eigenvalue weighted by molar-refractivity contribution is 0.0952. The van der Waals surface area contributed by atoms with Gasteiger partial charge in [0.1, 0.15) is 0 Å². The third-order valence-corrected chi connectivity index (χ3v) is 5.44. The Bertz CT molecular complexity index is 699. The number of hydrogen-bond donors (Lipinski definition) is 4. The van der Waals surface area contributed by atoms with Crippen molar-refractivity contribution in [2.24, 2.45) is 0 Å². The lowest BCUT2D eigenvalue weighted by Gasteiger charge is -2.13. The van der Waals surface area contributed by atoms with Gasteiger partial charge in [0.25, 0.3) is 5.91 Å². The highest BCUT2D eigenvalue weighted by Gasteiger charge is 2.17. The number of nitrogens with one attached hydrogen (secondary N) is 3. The summed E-state index contributed by atoms with van der Waals surface area (Å²) in [4.78, 5) is 33.1. The molecule has 1 aliphatic rings. The van der Waals surface area contributed by atoms with E-state index in [-0.39, 0.29) is 24.6 Å². The summed E-state index contributed by atoms with van der Waals surface area (Å²) in [6, 6.07) is 6.87. The average Bonchev–Trinajstić information content (AvgIpc) is 3.16. The van der Waals surface area contributed by atoms with E-state index < -0.39 is 7.60 Å². The molecule has 8 nitrogen and oxygen atoms in total. The van der Waals surface area contributed by atoms with Crippen LogP contribution in [0.3, 0.4) is 0 Å². The highest BCUT2D eigenvalue weighted by Crippen LogP contribution is 2.36. The van der Waals surface area contributed by atoms with Crippen LogP contribution in [0.25, 0.3) is 0 Å². The molecule has 1 aromatic carbocycles. The summed E-state index contributed by atoms with van der Waals surface area (Å²) < 4.78 is 15.8. The van der Waals surface area contributed by atoms with Gasteiger partial charge in [-0.15, -0.1) is 0 Å². The molecular formula is C20H32N3O5P. The first-order chi connectivity index (χ1) is 13.8. The molecule has 162 valence electrons. The first-order valence-electron chi connectivity index (χ1n) is 10.2. The molecule has 2 rings (SSSR count). The Morgan fingerprint density at radius 1 is 1.10 bits per heavy atom. The van der Waals surface area contributed by atoms with Gasteiger partial charge in [0.05, 0.1) is 6.61 Å². The lowest BCUT2D eigenvalue weighted by Crippen LogP contribution is -2.36. The predicted molar refractivity (Wildman–Crippen MR) is 113 cm³/mol. The number of benzene rings is 1. The molecule has 0 saturated heterocycles. The van der Waals surface area contributed by atoms with Crippen LogP contribution in [-0.4, -0.2) is 42.7 Å². The van der Waals surface area contributed by atoms with Crippen LogP contribution >= 0.6 is 7.60 Å². The Morgan fingerprint density at radius 2 is 1.76 bits per heavy atom. The first-order valence-corrected chi connectivity index (χ1v) is 12.3. The van der Waals surface area contributed by atoms with Crippen molar-refractivity contribution < 1.29 is 23.6 Å². The van der Waals surface area contributed by atoms with E-state index in [1.807, 2.05) is 0 Å². The molecule has 1 aromatic rings. The first kappa shape index (κ1) is 23.4. The van der Waals surface area contributed by atoms with Gasteiger partial charge in [-0.1, -0.05) is 25.7 Å². The minimum atomic E-state index is -3.38. The number of anilines is 1. The van der Waals surface area contributed by atoms with Crippen molar-refractivity contribution >= 4 is 25.2 Å². The second kappa shape index (κ2) is 12.0. The molecule has 0 radical (unpaired) electrons. The van der Waals surface area contributed by atoms with Gasteiger partial charge in [0, 0.05) is 30.5 Å². The highest BCUT2D eigenvalue weighted by atomic mass is 31.2. The lowest BCUT2D eigenvalue weighted by atomic mass is 10.1. The Morgan fingerprint density at radius 3 is 2.41 bits per heavy atom. The monoisotopic (exact) mass is 425 g/mol. The zero-order valence-corrected chi connectivity index (χ0v) is 17.9. The third-order valence-electron chi connectivity index (χ3n) is 4.78. The number of carbonyl (C=O) groups is 2. The molecule has 3 amide bonds. The Kier molecular flexibility index (Phi) is 9.64. The molecule has 1 fully saturated rings. The minimum absolute atomic E-state index is 0.150. The molecule has 1 saturated carbocycles. The van der Waals surface area contributed by atoms with E-state index in [2.05, 4.69) is 16.0 Å². The molecule has 0 aliphatic heterocycles. The average molecular weight is 425 g/mol. The van der Waals surface area contributed by atoms with Crippen molar-refractivity contribution in [3.63, 3.8) is 0 Å². The van der Waals surface area contributed by atoms with Gasteiger partial charge in [-0.25, -0.2) is 4.79 Å². The van der Waals surface area contributed by atoms with Crippen LogP contribution in [0.4, 0.5) is 10.5 Å². The quantitative estimate of drug-likeness (QED) is 0.317. The van der Waals surface area contributed by atoms with Gasteiger partial charge >= 0.3 is 13.6 Å². The summed E-state index contributed by atoms with van der Waals surface area (Å²) in [5, 5.41) is 8.62. The number of unbranched alkanes of at least 4 members (excludes halogenated alkanes) is 3. The van der Waals surface area contributed by atoms with Crippen LogP contribution in [0.15, 0.2) is 24.3 Å². The molecule has 9 heteroatoms. The van der Waals surface area contributed by atoms with E-state index in [1.165, 1.54) is 6.66 Å². The molecule has 0 aromatic heterocycles. The summed E-state index contributed by atoms with van der Waals surface area (Å²) >= 11 is 0. The van der Waals surface area contributed by atoms with E-state index in [1.54, 1.807) is 24.3 Å². The van der Waals surface area contributed by atoms with Gasteiger partial charge in [-0.3, -0.25) is 9.36 Å². The standard InChI is InChI=1S/C20H32N3O5P/c1-29(26,27)28-15-7-3-2-6-14-21-19(24)16-10-12-18(13-11-16)23-20(25)22-17-8-4-5-9-17/h10-13,17H,2-9,14-15H2,1H3,(H,21,24)(H,26,27)(H2,22,23,25). The maximum Gasteiger partial charge on any atom is 0.325 e. The molecule has 1 atom stereocenters. The van der Waals surface area contributed by atoms with E-state index in [9.17, 15) is 14.2 Å². The smallest absolute Gasteiger partial charge is 0.325 e. The largest absolute Gasteiger partial charge is 0.352 e. The van der Waals surface area contributed by atoms with Crippen molar-refractivity contribution in [3.05, 3.63) is 29.8 Å². The van der Waals surface area contributed by atoms with Crippen LogP contribution in [-0.2, 0) is 9.09 Å². The molecule has 0 bridgehead atoms. The predicted octanol–water partition coefficient (Wildman–Crippen LogP) is 3.87.